The summed E-state index contributed by atoms with van der Waals surface area (Å²) < 4.78 is 0. The first-order valence-corrected chi connectivity index (χ1v) is 13.8. The summed E-state index contributed by atoms with van der Waals surface area (Å²) in [5.41, 5.74) is 11.9. The number of fused-ring (bicyclic) bond motifs is 1. The van der Waals surface area contributed by atoms with Crippen molar-refractivity contribution in [2.45, 2.75) is 83.3 Å². The molecule has 1 amide bonds. The molecular weight excluding hydrogens is 464 g/mol. The Bertz CT molecular complexity index is 1150. The van der Waals surface area contributed by atoms with Crippen molar-refractivity contribution >= 4 is 11.5 Å². The number of aromatic nitrogens is 2. The van der Waals surface area contributed by atoms with Crippen molar-refractivity contribution in [1.82, 2.24) is 31.0 Å². The first-order valence-electron chi connectivity index (χ1n) is 13.8. The number of benzene rings is 1. The van der Waals surface area contributed by atoms with Gasteiger partial charge in [-0.2, -0.15) is 0 Å². The van der Waals surface area contributed by atoms with E-state index in [4.69, 9.17) is 4.98 Å². The maximum absolute atomic E-state index is 12.3. The van der Waals surface area contributed by atoms with E-state index >= 15 is 0 Å². The normalized spacial score (nSPS) is 26.5. The zero-order chi connectivity index (χ0) is 26.2. The number of carbonyl (C=O) groups excluding carboxylic acids is 1. The van der Waals surface area contributed by atoms with E-state index in [1.54, 1.807) is 0 Å². The minimum Gasteiger partial charge on any atom is -0.508 e. The molecule has 3 aliphatic rings. The van der Waals surface area contributed by atoms with Crippen LogP contribution in [-0.4, -0.2) is 57.1 Å². The van der Waals surface area contributed by atoms with Crippen LogP contribution in [-0.2, 0) is 11.2 Å². The summed E-state index contributed by atoms with van der Waals surface area (Å²) in [6.07, 6.45) is 9.40. The number of H-pyrrole nitrogens is 1. The second-order valence-corrected chi connectivity index (χ2v) is 12.0. The van der Waals surface area contributed by atoms with E-state index in [0.29, 0.717) is 30.2 Å². The first kappa shape index (κ1) is 25.9. The van der Waals surface area contributed by atoms with Crippen LogP contribution in [0.25, 0.3) is 5.57 Å². The molecule has 37 heavy (non-hydrogen) atoms. The van der Waals surface area contributed by atoms with Gasteiger partial charge in [-0.3, -0.25) is 15.1 Å². The number of amides is 1. The molecule has 200 valence electrons. The van der Waals surface area contributed by atoms with Crippen LogP contribution in [0.2, 0.25) is 0 Å². The van der Waals surface area contributed by atoms with Crippen LogP contribution in [0.4, 0.5) is 0 Å². The molecule has 5 N–H and O–H groups in total. The smallest absolute Gasteiger partial charge is 0.234 e. The number of hydrogen-bond donors (Lipinski definition) is 5. The van der Waals surface area contributed by atoms with Crippen molar-refractivity contribution in [3.05, 3.63) is 53.1 Å². The molecule has 4 atom stereocenters. The van der Waals surface area contributed by atoms with Crippen LogP contribution in [0, 0.1) is 5.92 Å². The van der Waals surface area contributed by atoms with Gasteiger partial charge < -0.3 is 15.4 Å². The number of hydrogen-bond acceptors (Lipinski definition) is 6. The number of aryl methyl sites for hydroxylation is 1. The molecule has 1 saturated heterocycles. The number of nitrogens with one attached hydrogen (secondary N) is 4. The summed E-state index contributed by atoms with van der Waals surface area (Å²) in [5, 5.41) is 12.9. The maximum Gasteiger partial charge on any atom is 0.234 e. The van der Waals surface area contributed by atoms with Crippen LogP contribution >= 0.6 is 0 Å². The minimum absolute atomic E-state index is 0.0774. The van der Waals surface area contributed by atoms with Gasteiger partial charge in [-0.1, -0.05) is 19.1 Å². The molecule has 1 aromatic heterocycles. The molecule has 0 radical (unpaired) electrons. The molecule has 8 nitrogen and oxygen atoms in total. The number of phenols is 1. The van der Waals surface area contributed by atoms with Gasteiger partial charge in [0.2, 0.25) is 5.91 Å². The van der Waals surface area contributed by atoms with Crippen molar-refractivity contribution in [1.29, 1.82) is 0 Å². The highest BCUT2D eigenvalue weighted by molar-refractivity contribution is 5.79. The number of phenolic OH excluding ortho intramolecular Hbond substituents is 1. The van der Waals surface area contributed by atoms with Crippen molar-refractivity contribution in [2.75, 3.05) is 19.6 Å². The topological polar surface area (TPSA) is 105 Å². The molecule has 8 heteroatoms. The van der Waals surface area contributed by atoms with E-state index in [-0.39, 0.29) is 17.5 Å². The van der Waals surface area contributed by atoms with Gasteiger partial charge >= 0.3 is 0 Å². The molecule has 3 heterocycles. The monoisotopic (exact) mass is 506 g/mol. The Morgan fingerprint density at radius 1 is 1.24 bits per heavy atom. The van der Waals surface area contributed by atoms with E-state index in [0.717, 1.165) is 56.7 Å². The number of aromatic amines is 1. The van der Waals surface area contributed by atoms with Crippen LogP contribution in [0.3, 0.4) is 0 Å². The van der Waals surface area contributed by atoms with Crippen LogP contribution in [0.1, 0.15) is 88.0 Å². The van der Waals surface area contributed by atoms with Gasteiger partial charge in [-0.05, 0) is 93.5 Å². The largest absolute Gasteiger partial charge is 0.508 e. The number of carbonyl (C=O) groups is 1. The van der Waals surface area contributed by atoms with Gasteiger partial charge in [0.1, 0.15) is 11.6 Å². The summed E-state index contributed by atoms with van der Waals surface area (Å²) in [5.74, 6) is 2.44. The lowest BCUT2D eigenvalue weighted by Crippen LogP contribution is -2.46. The van der Waals surface area contributed by atoms with E-state index in [1.807, 2.05) is 39.1 Å². The van der Waals surface area contributed by atoms with E-state index < -0.39 is 0 Å². The third kappa shape index (κ3) is 5.92. The molecule has 1 saturated carbocycles. The first-order chi connectivity index (χ1) is 17.7. The average molecular weight is 507 g/mol. The fourth-order valence-electron chi connectivity index (χ4n) is 6.33. The quantitative estimate of drug-likeness (QED) is 0.408. The lowest BCUT2D eigenvalue weighted by atomic mass is 9.73. The summed E-state index contributed by atoms with van der Waals surface area (Å²) >= 11 is 0. The fraction of sp³-hybridized carbons (Fsp3) is 0.586. The average Bonchev–Trinajstić information content (AvgIpc) is 3.50. The lowest BCUT2D eigenvalue weighted by molar-refractivity contribution is -0.123. The second-order valence-electron chi connectivity index (χ2n) is 12.0. The highest BCUT2D eigenvalue weighted by Crippen LogP contribution is 2.44. The third-order valence-corrected chi connectivity index (χ3v) is 8.11. The Morgan fingerprint density at radius 2 is 2.08 bits per heavy atom. The van der Waals surface area contributed by atoms with Crippen LogP contribution in [0.15, 0.2) is 30.5 Å². The minimum atomic E-state index is -0.203. The molecule has 4 unspecified atom stereocenters. The summed E-state index contributed by atoms with van der Waals surface area (Å²) in [4.78, 5) is 22.9. The molecule has 1 aliphatic carbocycles. The number of imidazole rings is 1. The Hall–Kier alpha value is -2.68. The molecule has 0 bridgehead atoms. The summed E-state index contributed by atoms with van der Waals surface area (Å²) in [7, 11) is 0. The van der Waals surface area contributed by atoms with Crippen molar-refractivity contribution in [3.63, 3.8) is 0 Å². The Balaban J connectivity index is 1.19. The van der Waals surface area contributed by atoms with Gasteiger partial charge in [-0.25, -0.2) is 10.4 Å². The van der Waals surface area contributed by atoms with Crippen LogP contribution in [0.5, 0.6) is 5.75 Å². The fourth-order valence-corrected chi connectivity index (χ4v) is 6.33. The molecule has 0 spiro atoms. The standard InChI is InChI=1S/C29H42N6O2/c1-5-18-14-21(36)7-9-22(18)20-6-8-23-24(15-20)33-34-27(23)28-30-16-25(31-28)19-10-12-35(13-11-19)17-26(37)32-29(2,3)4/h7,9-10,14,16,20,23-24,27,33-34,36H,5-6,8,11-13,15,17H2,1-4H3,(H,30,31)(H,32,37). The summed E-state index contributed by atoms with van der Waals surface area (Å²) in [6, 6.07) is 6.45. The highest BCUT2D eigenvalue weighted by Gasteiger charge is 2.42. The molecule has 2 aliphatic heterocycles. The zero-order valence-electron chi connectivity index (χ0n) is 22.6. The Labute approximate surface area is 220 Å². The van der Waals surface area contributed by atoms with Gasteiger partial charge in [0.15, 0.2) is 0 Å². The molecule has 2 fully saturated rings. The highest BCUT2D eigenvalue weighted by atomic mass is 16.3. The second kappa shape index (κ2) is 10.6. The summed E-state index contributed by atoms with van der Waals surface area (Å²) in [6.45, 7) is 10.3. The Morgan fingerprint density at radius 3 is 2.81 bits per heavy atom. The maximum atomic E-state index is 12.3. The number of hydrazine groups is 1. The van der Waals surface area contributed by atoms with Gasteiger partial charge in [-0.15, -0.1) is 0 Å². The zero-order valence-corrected chi connectivity index (χ0v) is 22.6. The molecule has 1 aromatic carbocycles. The van der Waals surface area contributed by atoms with E-state index in [1.165, 1.54) is 16.7 Å². The van der Waals surface area contributed by atoms with Gasteiger partial charge in [0, 0.05) is 24.7 Å². The number of nitrogens with zero attached hydrogens (tertiary/aromatic N) is 2. The molecular formula is C29H42N6O2. The number of rotatable bonds is 6. The predicted octanol–water partition coefficient (Wildman–Crippen LogP) is 3.78. The van der Waals surface area contributed by atoms with Crippen LogP contribution < -0.4 is 16.2 Å². The third-order valence-electron chi connectivity index (χ3n) is 8.11. The van der Waals surface area contributed by atoms with Crippen molar-refractivity contribution in [2.24, 2.45) is 5.92 Å². The van der Waals surface area contributed by atoms with Gasteiger partial charge in [0.25, 0.3) is 0 Å². The van der Waals surface area contributed by atoms with E-state index in [2.05, 4.69) is 45.1 Å². The van der Waals surface area contributed by atoms with Gasteiger partial charge in [0.05, 0.1) is 24.5 Å². The predicted molar refractivity (Wildman–Crippen MR) is 146 cm³/mol. The van der Waals surface area contributed by atoms with E-state index in [9.17, 15) is 9.90 Å². The molecule has 5 rings (SSSR count). The number of aromatic hydroxyl groups is 1. The van der Waals surface area contributed by atoms with Crippen molar-refractivity contribution in [3.8, 4) is 5.75 Å². The van der Waals surface area contributed by atoms with Crippen molar-refractivity contribution < 1.29 is 9.90 Å². The molecule has 2 aromatic rings. The SMILES string of the molecule is CCc1cc(O)ccc1C1CCC2C(C1)NNC2c1ncc(C2=CCN(CC(=O)NC(C)(C)C)CC2)[nH]1. The Kier molecular flexibility index (Phi) is 7.43. The lowest BCUT2D eigenvalue weighted by Gasteiger charge is -2.33.